The molecule has 0 aliphatic carbocycles. The molecule has 1 N–H and O–H groups in total. The number of hydrogen-bond donors (Lipinski definition) is 1. The first kappa shape index (κ1) is 16.6. The van der Waals surface area contributed by atoms with Gasteiger partial charge in [0.1, 0.15) is 33.5 Å². The number of nitrogens with zero attached hydrogens (tertiary/aromatic N) is 4. The van der Waals surface area contributed by atoms with Gasteiger partial charge in [-0.05, 0) is 31.2 Å². The van der Waals surface area contributed by atoms with E-state index in [0.717, 1.165) is 27.2 Å². The van der Waals surface area contributed by atoms with Crippen molar-refractivity contribution in [3.8, 4) is 5.69 Å². The van der Waals surface area contributed by atoms with Gasteiger partial charge in [0.15, 0.2) is 0 Å². The van der Waals surface area contributed by atoms with Crippen LogP contribution in [0.4, 0.5) is 11.5 Å². The molecular formula is C21H15N5OS. The molecule has 3 heterocycles. The van der Waals surface area contributed by atoms with Gasteiger partial charge in [-0.25, -0.2) is 15.0 Å². The molecule has 136 valence electrons. The number of hydrogen-bond acceptors (Lipinski definition) is 6. The number of fused-ring (bicyclic) bond motifs is 3. The van der Waals surface area contributed by atoms with E-state index in [9.17, 15) is 4.79 Å². The highest BCUT2D eigenvalue weighted by Gasteiger charge is 2.17. The highest BCUT2D eigenvalue weighted by Crippen LogP contribution is 2.34. The van der Waals surface area contributed by atoms with Crippen molar-refractivity contribution in [2.75, 3.05) is 5.32 Å². The first-order chi connectivity index (χ1) is 13.7. The highest BCUT2D eigenvalue weighted by atomic mass is 32.1. The molecule has 6 nitrogen and oxygen atoms in total. The fourth-order valence-electron chi connectivity index (χ4n) is 3.11. The molecule has 0 saturated carbocycles. The molecule has 0 spiro atoms. The lowest BCUT2D eigenvalue weighted by molar-refractivity contribution is 0.966. The summed E-state index contributed by atoms with van der Waals surface area (Å²) in [5, 5.41) is 4.07. The summed E-state index contributed by atoms with van der Waals surface area (Å²) in [6.07, 6.45) is 3.07. The minimum Gasteiger partial charge on any atom is -0.340 e. The molecule has 0 bridgehead atoms. The maximum Gasteiger partial charge on any atom is 0.275 e. The molecule has 0 saturated heterocycles. The number of para-hydroxylation sites is 1. The molecule has 3 aromatic heterocycles. The molecule has 0 unspecified atom stereocenters. The Hall–Kier alpha value is -3.58. The number of nitrogens with one attached hydrogen (secondary N) is 1. The largest absolute Gasteiger partial charge is 0.340 e. The molecule has 0 aliphatic rings. The van der Waals surface area contributed by atoms with Crippen LogP contribution in [0, 0.1) is 6.92 Å². The Morgan fingerprint density at radius 2 is 1.75 bits per heavy atom. The summed E-state index contributed by atoms with van der Waals surface area (Å²) in [5.74, 6) is 0.641. The Morgan fingerprint density at radius 3 is 2.54 bits per heavy atom. The second-order valence-electron chi connectivity index (χ2n) is 6.43. The van der Waals surface area contributed by atoms with E-state index in [-0.39, 0.29) is 5.56 Å². The predicted molar refractivity (Wildman–Crippen MR) is 113 cm³/mol. The topological polar surface area (TPSA) is 72.7 Å². The molecule has 0 amide bonds. The molecule has 28 heavy (non-hydrogen) atoms. The third kappa shape index (κ3) is 2.73. The van der Waals surface area contributed by atoms with Gasteiger partial charge in [0, 0.05) is 5.69 Å². The van der Waals surface area contributed by atoms with Crippen molar-refractivity contribution >= 4 is 43.3 Å². The smallest absolute Gasteiger partial charge is 0.275 e. The van der Waals surface area contributed by atoms with Gasteiger partial charge in [-0.1, -0.05) is 35.9 Å². The van der Waals surface area contributed by atoms with Crippen LogP contribution in [0.2, 0.25) is 0 Å². The average molecular weight is 385 g/mol. The van der Waals surface area contributed by atoms with Crippen molar-refractivity contribution in [2.45, 2.75) is 6.92 Å². The van der Waals surface area contributed by atoms with Crippen molar-refractivity contribution in [3.63, 3.8) is 0 Å². The fourth-order valence-corrected chi connectivity index (χ4v) is 4.13. The molecule has 5 rings (SSSR count). The van der Waals surface area contributed by atoms with E-state index in [0.29, 0.717) is 16.0 Å². The lowest BCUT2D eigenvalue weighted by atomic mass is 10.2. The van der Waals surface area contributed by atoms with Crippen molar-refractivity contribution < 1.29 is 0 Å². The van der Waals surface area contributed by atoms with Crippen molar-refractivity contribution in [1.29, 1.82) is 0 Å². The van der Waals surface area contributed by atoms with Crippen LogP contribution in [0.25, 0.3) is 26.1 Å². The standard InChI is InChI=1S/C21H15N5OS/c1-13-7-9-15(10-8-13)26-12-24-17-16-19(25-14-5-3-2-4-6-14)22-11-23-20(16)28-18(17)21(26)27/h2-12H,1H3,(H,22,23,25). The summed E-state index contributed by atoms with van der Waals surface area (Å²) in [5.41, 5.74) is 3.35. The van der Waals surface area contributed by atoms with Gasteiger partial charge in [0.05, 0.1) is 11.1 Å². The van der Waals surface area contributed by atoms with Gasteiger partial charge in [0.2, 0.25) is 0 Å². The van der Waals surface area contributed by atoms with E-state index in [2.05, 4.69) is 20.3 Å². The number of thiophene rings is 1. The number of aromatic nitrogens is 4. The van der Waals surface area contributed by atoms with Crippen molar-refractivity contribution in [1.82, 2.24) is 19.5 Å². The number of anilines is 2. The van der Waals surface area contributed by atoms with Gasteiger partial charge in [-0.15, -0.1) is 11.3 Å². The minimum absolute atomic E-state index is 0.109. The third-order valence-electron chi connectivity index (χ3n) is 4.53. The van der Waals surface area contributed by atoms with Crippen molar-refractivity contribution in [3.05, 3.63) is 83.2 Å². The normalized spacial score (nSPS) is 11.2. The maximum atomic E-state index is 13.1. The summed E-state index contributed by atoms with van der Waals surface area (Å²) >= 11 is 1.34. The molecule has 0 atom stereocenters. The zero-order valence-corrected chi connectivity index (χ0v) is 15.8. The summed E-state index contributed by atoms with van der Waals surface area (Å²) < 4.78 is 2.13. The quantitative estimate of drug-likeness (QED) is 0.497. The summed E-state index contributed by atoms with van der Waals surface area (Å²) in [6, 6.07) is 17.6. The van der Waals surface area contributed by atoms with Crippen LogP contribution in [-0.4, -0.2) is 19.5 Å². The van der Waals surface area contributed by atoms with E-state index >= 15 is 0 Å². The van der Waals surface area contributed by atoms with Crippen LogP contribution in [0.1, 0.15) is 5.56 Å². The van der Waals surface area contributed by atoms with E-state index < -0.39 is 0 Å². The Kier molecular flexibility index (Phi) is 3.87. The van der Waals surface area contributed by atoms with Gasteiger partial charge < -0.3 is 5.32 Å². The SMILES string of the molecule is Cc1ccc(-n2cnc3c(sc4ncnc(Nc5ccccc5)c43)c2=O)cc1. The highest BCUT2D eigenvalue weighted by molar-refractivity contribution is 7.25. The lowest BCUT2D eigenvalue weighted by Gasteiger charge is -2.07. The second-order valence-corrected chi connectivity index (χ2v) is 7.43. The first-order valence-corrected chi connectivity index (χ1v) is 9.56. The molecule has 7 heteroatoms. The van der Waals surface area contributed by atoms with Crippen LogP contribution in [0.15, 0.2) is 72.0 Å². The molecular weight excluding hydrogens is 370 g/mol. The van der Waals surface area contributed by atoms with Crippen molar-refractivity contribution in [2.24, 2.45) is 0 Å². The Bertz CT molecular complexity index is 1360. The van der Waals surface area contributed by atoms with Gasteiger partial charge in [0.25, 0.3) is 5.56 Å². The Balaban J connectivity index is 1.71. The van der Waals surface area contributed by atoms with E-state index in [4.69, 9.17) is 0 Å². The van der Waals surface area contributed by atoms with Crippen LogP contribution in [0.3, 0.4) is 0 Å². The molecule has 0 radical (unpaired) electrons. The summed E-state index contributed by atoms with van der Waals surface area (Å²) in [4.78, 5) is 27.2. The van der Waals surface area contributed by atoms with E-state index in [1.807, 2.05) is 61.5 Å². The van der Waals surface area contributed by atoms with Gasteiger partial charge >= 0.3 is 0 Å². The summed E-state index contributed by atoms with van der Waals surface area (Å²) in [7, 11) is 0. The molecule has 5 aromatic rings. The fraction of sp³-hybridized carbons (Fsp3) is 0.0476. The summed E-state index contributed by atoms with van der Waals surface area (Å²) in [6.45, 7) is 2.01. The van der Waals surface area contributed by atoms with Crippen LogP contribution >= 0.6 is 11.3 Å². The molecule has 0 aliphatic heterocycles. The number of rotatable bonds is 3. The van der Waals surface area contributed by atoms with Gasteiger partial charge in [-0.2, -0.15) is 0 Å². The molecule has 0 fully saturated rings. The minimum atomic E-state index is -0.109. The Morgan fingerprint density at radius 1 is 0.964 bits per heavy atom. The van der Waals surface area contributed by atoms with E-state index in [1.54, 1.807) is 10.9 Å². The average Bonchev–Trinajstić information content (AvgIpc) is 3.11. The maximum absolute atomic E-state index is 13.1. The zero-order chi connectivity index (χ0) is 19.1. The third-order valence-corrected chi connectivity index (χ3v) is 5.60. The second kappa shape index (κ2) is 6.54. The van der Waals surface area contributed by atoms with Crippen LogP contribution < -0.4 is 10.9 Å². The zero-order valence-electron chi connectivity index (χ0n) is 15.0. The van der Waals surface area contributed by atoms with E-state index in [1.165, 1.54) is 17.7 Å². The van der Waals surface area contributed by atoms with Gasteiger partial charge in [-0.3, -0.25) is 9.36 Å². The lowest BCUT2D eigenvalue weighted by Crippen LogP contribution is -2.17. The first-order valence-electron chi connectivity index (χ1n) is 8.75. The molecule has 2 aromatic carbocycles. The van der Waals surface area contributed by atoms with Crippen LogP contribution in [0.5, 0.6) is 0 Å². The number of benzene rings is 2. The Labute approximate surface area is 164 Å². The predicted octanol–water partition coefficient (Wildman–Crippen LogP) is 4.44. The number of aryl methyl sites for hydroxylation is 1. The van der Waals surface area contributed by atoms with Crippen LogP contribution in [-0.2, 0) is 0 Å². The monoisotopic (exact) mass is 385 g/mol.